The van der Waals surface area contributed by atoms with Gasteiger partial charge in [-0.3, -0.25) is 9.78 Å². The van der Waals surface area contributed by atoms with E-state index in [2.05, 4.69) is 41.7 Å². The Labute approximate surface area is 185 Å². The minimum Gasteiger partial charge on any atom is -0.493 e. The number of pyridine rings is 1. The van der Waals surface area contributed by atoms with Gasteiger partial charge in [-0.2, -0.15) is 0 Å². The molecule has 0 N–H and O–H groups in total. The van der Waals surface area contributed by atoms with Gasteiger partial charge in [-0.15, -0.1) is 0 Å². The number of hydrogen-bond acceptors (Lipinski definition) is 5. The highest BCUT2D eigenvalue weighted by Gasteiger charge is 2.39. The Balaban J connectivity index is 2.29. The van der Waals surface area contributed by atoms with E-state index in [1.54, 1.807) is 37.7 Å². The molecule has 30 heavy (non-hydrogen) atoms. The molecule has 0 aliphatic rings. The topological polar surface area (TPSA) is 60.8 Å². The van der Waals surface area contributed by atoms with Crippen LogP contribution in [0.5, 0.6) is 11.5 Å². The molecular weight excluding hydrogens is 463 g/mol. The molecule has 0 saturated heterocycles. The molecule has 0 radical (unpaired) electrons. The van der Waals surface area contributed by atoms with Crippen molar-refractivity contribution in [1.82, 2.24) is 4.98 Å². The molecule has 0 unspecified atom stereocenters. The summed E-state index contributed by atoms with van der Waals surface area (Å²) in [5, 5.41) is 0.630. The molecule has 0 aliphatic heterocycles. The quantitative estimate of drug-likeness (QED) is 0.290. The minimum atomic E-state index is -2.65. The summed E-state index contributed by atoms with van der Waals surface area (Å²) in [6, 6.07) is 16.9. The van der Waals surface area contributed by atoms with Gasteiger partial charge in [-0.05, 0) is 54.6 Å². The predicted octanol–water partition coefficient (Wildman–Crippen LogP) is 6.62. The number of aldehydes is 1. The first-order valence-electron chi connectivity index (χ1n) is 9.40. The highest BCUT2D eigenvalue weighted by molar-refractivity contribution is 9.10. The molecule has 1 heterocycles. The van der Waals surface area contributed by atoms with Crippen LogP contribution < -0.4 is 14.6 Å². The van der Waals surface area contributed by atoms with E-state index in [9.17, 15) is 4.79 Å². The fourth-order valence-electron chi connectivity index (χ4n) is 3.00. The summed E-state index contributed by atoms with van der Waals surface area (Å²) in [5.74, 6) is 1.04. The molecule has 0 aliphatic carbocycles. The molecule has 156 valence electrons. The van der Waals surface area contributed by atoms with Crippen molar-refractivity contribution in [2.45, 2.75) is 25.9 Å². The Bertz CT molecular complexity index is 1080. The molecule has 1 aromatic heterocycles. The van der Waals surface area contributed by atoms with Gasteiger partial charge in [0.1, 0.15) is 6.29 Å². The number of halogens is 1. The first-order chi connectivity index (χ1) is 14.3. The number of ether oxygens (including phenoxy) is 1. The molecule has 3 rings (SSSR count). The van der Waals surface area contributed by atoms with Crippen molar-refractivity contribution in [1.29, 1.82) is 0 Å². The Hall–Kier alpha value is -2.43. The lowest BCUT2D eigenvalue weighted by molar-refractivity contribution is 0.112. The number of nitrogens with zero attached hydrogens (tertiary/aromatic N) is 2. The van der Waals surface area contributed by atoms with Crippen LogP contribution in [0.3, 0.4) is 0 Å². The maximum absolute atomic E-state index is 11.2. The third kappa shape index (κ3) is 4.66. The Morgan fingerprint density at radius 3 is 2.23 bits per heavy atom. The van der Waals surface area contributed by atoms with Gasteiger partial charge in [-0.1, -0.05) is 36.7 Å². The van der Waals surface area contributed by atoms with Crippen molar-refractivity contribution in [2.24, 2.45) is 4.74 Å². The van der Waals surface area contributed by atoms with Crippen LogP contribution in [0.15, 0.2) is 76.2 Å². The van der Waals surface area contributed by atoms with Gasteiger partial charge in [-0.25, -0.2) is 4.74 Å². The zero-order valence-electron chi connectivity index (χ0n) is 17.4. The third-order valence-electron chi connectivity index (χ3n) is 4.56. The number of benzene rings is 2. The summed E-state index contributed by atoms with van der Waals surface area (Å²) in [7, 11) is -1.09. The van der Waals surface area contributed by atoms with Gasteiger partial charge in [0.15, 0.2) is 18.8 Å². The molecule has 0 amide bonds. The SMILES string of the molecule is COc1cc(C=O)ccc1O[P@](=Nc1ccc(Br)cc1)(c1ccncc1)C(C)(C)C. The van der Waals surface area contributed by atoms with Crippen LogP contribution in [-0.4, -0.2) is 23.5 Å². The second kappa shape index (κ2) is 9.15. The average Bonchev–Trinajstić information content (AvgIpc) is 2.74. The molecular formula is C23H24BrN2O3P. The second-order valence-electron chi connectivity index (χ2n) is 7.65. The number of carbonyl (C=O) groups excluding carboxylic acids is 1. The van der Waals surface area contributed by atoms with Crippen LogP contribution in [0.4, 0.5) is 5.69 Å². The van der Waals surface area contributed by atoms with Gasteiger partial charge in [0.25, 0.3) is 0 Å². The van der Waals surface area contributed by atoms with Crippen molar-refractivity contribution >= 4 is 40.5 Å². The van der Waals surface area contributed by atoms with E-state index in [-0.39, 0.29) is 5.16 Å². The van der Waals surface area contributed by atoms with Crippen LogP contribution in [0.2, 0.25) is 0 Å². The largest absolute Gasteiger partial charge is 0.493 e. The normalized spacial score (nSPS) is 13.2. The molecule has 7 heteroatoms. The Morgan fingerprint density at radius 1 is 1.00 bits per heavy atom. The summed E-state index contributed by atoms with van der Waals surface area (Å²) in [6.07, 6.45) is 4.29. The maximum Gasteiger partial charge on any atom is 0.173 e. The molecule has 1 atom stereocenters. The first-order valence-corrected chi connectivity index (χ1v) is 11.9. The number of aromatic nitrogens is 1. The van der Waals surface area contributed by atoms with Crippen LogP contribution in [0.1, 0.15) is 31.1 Å². The monoisotopic (exact) mass is 486 g/mol. The van der Waals surface area contributed by atoms with Crippen molar-refractivity contribution in [3.63, 3.8) is 0 Å². The van der Waals surface area contributed by atoms with Gasteiger partial charge in [0, 0.05) is 32.9 Å². The Morgan fingerprint density at radius 2 is 1.67 bits per heavy atom. The fraction of sp³-hybridized carbons (Fsp3) is 0.217. The lowest BCUT2D eigenvalue weighted by Crippen LogP contribution is -2.27. The zero-order valence-corrected chi connectivity index (χ0v) is 19.9. The summed E-state index contributed by atoms with van der Waals surface area (Å²) in [4.78, 5) is 15.4. The number of methoxy groups -OCH3 is 1. The summed E-state index contributed by atoms with van der Waals surface area (Å²) in [5.41, 5.74) is 1.34. The molecule has 0 fully saturated rings. The number of rotatable bonds is 6. The average molecular weight is 487 g/mol. The molecule has 2 aromatic carbocycles. The lowest BCUT2D eigenvalue weighted by atomic mass is 10.2. The third-order valence-corrected chi connectivity index (χ3v) is 8.88. The van der Waals surface area contributed by atoms with E-state index in [1.165, 1.54) is 0 Å². The minimum absolute atomic E-state index is 0.338. The maximum atomic E-state index is 11.2. The summed E-state index contributed by atoms with van der Waals surface area (Å²) >= 11 is 3.48. The molecule has 3 aromatic rings. The molecule has 0 saturated carbocycles. The van der Waals surface area contributed by atoms with E-state index in [0.717, 1.165) is 21.8 Å². The fourth-order valence-corrected chi connectivity index (χ4v) is 6.30. The van der Waals surface area contributed by atoms with Crippen LogP contribution in [0.25, 0.3) is 0 Å². The molecule has 5 nitrogen and oxygen atoms in total. The van der Waals surface area contributed by atoms with Crippen molar-refractivity contribution in [3.8, 4) is 11.5 Å². The highest BCUT2D eigenvalue weighted by atomic mass is 79.9. The highest BCUT2D eigenvalue weighted by Crippen LogP contribution is 2.62. The van der Waals surface area contributed by atoms with Gasteiger partial charge < -0.3 is 9.26 Å². The second-order valence-corrected chi connectivity index (χ2v) is 12.0. The number of hydrogen-bond donors (Lipinski definition) is 0. The summed E-state index contributed by atoms with van der Waals surface area (Å²) in [6.45, 7) is 6.36. The van der Waals surface area contributed by atoms with Crippen LogP contribution >= 0.6 is 23.2 Å². The number of carbonyl (C=O) groups is 1. The Kier molecular flexibility index (Phi) is 6.79. The van der Waals surface area contributed by atoms with E-state index >= 15 is 0 Å². The van der Waals surface area contributed by atoms with Crippen molar-refractivity contribution in [3.05, 3.63) is 77.0 Å². The van der Waals surface area contributed by atoms with E-state index in [1.807, 2.05) is 36.4 Å². The zero-order chi connectivity index (χ0) is 21.8. The predicted molar refractivity (Wildman–Crippen MR) is 126 cm³/mol. The van der Waals surface area contributed by atoms with Crippen molar-refractivity contribution in [2.75, 3.05) is 7.11 Å². The van der Waals surface area contributed by atoms with Crippen LogP contribution in [0, 0.1) is 0 Å². The molecule has 0 spiro atoms. The first kappa shape index (κ1) is 22.3. The van der Waals surface area contributed by atoms with Gasteiger partial charge in [0.2, 0.25) is 0 Å². The van der Waals surface area contributed by atoms with Gasteiger partial charge in [0.05, 0.1) is 12.8 Å². The molecule has 0 bridgehead atoms. The van der Waals surface area contributed by atoms with Crippen LogP contribution in [-0.2, 0) is 0 Å². The van der Waals surface area contributed by atoms with Gasteiger partial charge >= 0.3 is 0 Å². The summed E-state index contributed by atoms with van der Waals surface area (Å²) < 4.78 is 18.5. The van der Waals surface area contributed by atoms with Crippen molar-refractivity contribution < 1.29 is 14.1 Å². The standard InChI is InChI=1S/C23H24BrN2O3P/c1-23(2,3)30(20-11-13-25-14-12-20,26-19-8-6-18(24)7-9-19)29-21-10-5-17(16-27)15-22(21)28-4/h5-16H,1-4H3/t30-/m1/s1. The van der Waals surface area contributed by atoms with E-state index in [4.69, 9.17) is 14.0 Å². The van der Waals surface area contributed by atoms with E-state index in [0.29, 0.717) is 17.1 Å². The smallest absolute Gasteiger partial charge is 0.173 e. The van der Waals surface area contributed by atoms with E-state index < -0.39 is 7.28 Å². The lowest BCUT2D eigenvalue weighted by Gasteiger charge is -2.37.